The highest BCUT2D eigenvalue weighted by Crippen LogP contribution is 2.24. The van der Waals surface area contributed by atoms with Crippen molar-refractivity contribution in [2.24, 2.45) is 0 Å². The maximum atomic E-state index is 12.0. The minimum atomic E-state index is -0.358. The second-order valence-corrected chi connectivity index (χ2v) is 6.51. The Morgan fingerprint density at radius 3 is 2.65 bits per heavy atom. The molecule has 0 unspecified atom stereocenters. The second-order valence-electron chi connectivity index (χ2n) is 6.51. The van der Waals surface area contributed by atoms with E-state index in [4.69, 9.17) is 8.94 Å². The van der Waals surface area contributed by atoms with Gasteiger partial charge in [0.05, 0.1) is 5.52 Å². The van der Waals surface area contributed by atoms with Gasteiger partial charge in [-0.05, 0) is 44.0 Å². The first-order valence-electron chi connectivity index (χ1n) is 8.64. The number of fused-ring (bicyclic) bond motifs is 1. The van der Waals surface area contributed by atoms with Crippen LogP contribution in [-0.2, 0) is 12.8 Å². The molecular weight excluding hydrogens is 330 g/mol. The smallest absolute Gasteiger partial charge is 0.408 e. The Balaban J connectivity index is 1.58. The van der Waals surface area contributed by atoms with E-state index in [2.05, 4.69) is 22.3 Å². The molecule has 0 spiro atoms. The van der Waals surface area contributed by atoms with Crippen LogP contribution in [0.3, 0.4) is 0 Å². The molecular formula is C20H19N3O3. The third-order valence-electron chi connectivity index (χ3n) is 4.33. The maximum absolute atomic E-state index is 12.0. The van der Waals surface area contributed by atoms with Gasteiger partial charge in [0.1, 0.15) is 0 Å². The van der Waals surface area contributed by atoms with E-state index in [9.17, 15) is 4.79 Å². The number of aromatic nitrogens is 3. The van der Waals surface area contributed by atoms with E-state index in [1.54, 1.807) is 10.6 Å². The van der Waals surface area contributed by atoms with Gasteiger partial charge in [0.15, 0.2) is 5.58 Å². The molecule has 0 saturated heterocycles. The Morgan fingerprint density at radius 2 is 1.88 bits per heavy atom. The Hall–Kier alpha value is -3.15. The Labute approximate surface area is 150 Å². The van der Waals surface area contributed by atoms with Crippen molar-refractivity contribution in [1.29, 1.82) is 0 Å². The summed E-state index contributed by atoms with van der Waals surface area (Å²) in [6.07, 6.45) is 1.52. The van der Waals surface area contributed by atoms with Crippen LogP contribution in [0.1, 0.15) is 31.3 Å². The number of nitrogens with zero attached hydrogens (tertiary/aromatic N) is 3. The molecule has 4 aromatic rings. The van der Waals surface area contributed by atoms with Crippen molar-refractivity contribution in [2.45, 2.75) is 32.7 Å². The zero-order chi connectivity index (χ0) is 18.1. The van der Waals surface area contributed by atoms with Crippen LogP contribution in [0.5, 0.6) is 0 Å². The van der Waals surface area contributed by atoms with Crippen LogP contribution in [0, 0.1) is 0 Å². The highest BCUT2D eigenvalue weighted by atomic mass is 16.5. The molecule has 0 saturated carbocycles. The van der Waals surface area contributed by atoms with E-state index in [1.165, 1.54) is 5.56 Å². The maximum Gasteiger partial charge on any atom is 0.420 e. The fourth-order valence-corrected chi connectivity index (χ4v) is 3.03. The first kappa shape index (κ1) is 16.3. The summed E-state index contributed by atoms with van der Waals surface area (Å²) in [5.41, 5.74) is 3.28. The molecule has 0 aliphatic rings. The van der Waals surface area contributed by atoms with Crippen molar-refractivity contribution in [1.82, 2.24) is 14.7 Å². The lowest BCUT2D eigenvalue weighted by molar-refractivity contribution is 0.379. The zero-order valence-corrected chi connectivity index (χ0v) is 14.7. The summed E-state index contributed by atoms with van der Waals surface area (Å²) in [6.45, 7) is 3.89. The molecule has 6 nitrogen and oxygen atoms in total. The average Bonchev–Trinajstić information content (AvgIpc) is 3.23. The molecule has 0 bridgehead atoms. The standard InChI is InChI=1S/C20H19N3O3/c1-13(2)23-16-10-9-15(12-17(16)25-20(23)24)19-21-18(26-22-19)11-8-14-6-4-3-5-7-14/h3-7,9-10,12-13H,8,11H2,1-2H3. The summed E-state index contributed by atoms with van der Waals surface area (Å²) in [5, 5.41) is 4.06. The van der Waals surface area contributed by atoms with Gasteiger partial charge in [-0.25, -0.2) is 4.79 Å². The van der Waals surface area contributed by atoms with Gasteiger partial charge in [0.2, 0.25) is 11.7 Å². The van der Waals surface area contributed by atoms with Gasteiger partial charge < -0.3 is 8.94 Å². The van der Waals surface area contributed by atoms with Gasteiger partial charge in [0.25, 0.3) is 0 Å². The van der Waals surface area contributed by atoms with Crippen molar-refractivity contribution in [3.8, 4) is 11.4 Å². The van der Waals surface area contributed by atoms with E-state index in [-0.39, 0.29) is 11.8 Å². The van der Waals surface area contributed by atoms with Crippen molar-refractivity contribution in [3.63, 3.8) is 0 Å². The predicted molar refractivity (Wildman–Crippen MR) is 98.0 cm³/mol. The molecule has 0 radical (unpaired) electrons. The van der Waals surface area contributed by atoms with Crippen LogP contribution >= 0.6 is 0 Å². The third kappa shape index (κ3) is 3.06. The van der Waals surface area contributed by atoms with E-state index in [1.807, 2.05) is 44.2 Å². The fraction of sp³-hybridized carbons (Fsp3) is 0.250. The van der Waals surface area contributed by atoms with Gasteiger partial charge in [-0.15, -0.1) is 0 Å². The lowest BCUT2D eigenvalue weighted by atomic mass is 10.1. The summed E-state index contributed by atoms with van der Waals surface area (Å²) < 4.78 is 12.3. The van der Waals surface area contributed by atoms with Crippen LogP contribution in [0.2, 0.25) is 0 Å². The predicted octanol–water partition coefficient (Wildman–Crippen LogP) is 4.01. The minimum absolute atomic E-state index is 0.0318. The van der Waals surface area contributed by atoms with Crippen molar-refractivity contribution < 1.29 is 8.94 Å². The summed E-state index contributed by atoms with van der Waals surface area (Å²) >= 11 is 0. The van der Waals surface area contributed by atoms with Crippen LogP contribution < -0.4 is 5.76 Å². The number of hydrogen-bond acceptors (Lipinski definition) is 5. The number of benzene rings is 2. The van der Waals surface area contributed by atoms with Crippen LogP contribution in [0.4, 0.5) is 0 Å². The molecule has 0 aliphatic carbocycles. The largest absolute Gasteiger partial charge is 0.420 e. The van der Waals surface area contributed by atoms with Gasteiger partial charge >= 0.3 is 5.76 Å². The van der Waals surface area contributed by atoms with Crippen molar-refractivity contribution in [2.75, 3.05) is 0 Å². The first-order valence-corrected chi connectivity index (χ1v) is 8.64. The van der Waals surface area contributed by atoms with Gasteiger partial charge in [-0.1, -0.05) is 35.5 Å². The van der Waals surface area contributed by atoms with E-state index < -0.39 is 0 Å². The number of hydrogen-bond donors (Lipinski definition) is 0. The molecule has 4 rings (SSSR count). The number of oxazole rings is 1. The summed E-state index contributed by atoms with van der Waals surface area (Å²) in [4.78, 5) is 16.5. The van der Waals surface area contributed by atoms with Gasteiger partial charge in [-0.3, -0.25) is 4.57 Å². The van der Waals surface area contributed by atoms with Gasteiger partial charge in [-0.2, -0.15) is 4.98 Å². The molecule has 0 N–H and O–H groups in total. The summed E-state index contributed by atoms with van der Waals surface area (Å²) in [6, 6.07) is 15.7. The summed E-state index contributed by atoms with van der Waals surface area (Å²) in [5.74, 6) is 0.726. The van der Waals surface area contributed by atoms with Crippen LogP contribution in [-0.4, -0.2) is 14.7 Å². The minimum Gasteiger partial charge on any atom is -0.408 e. The van der Waals surface area contributed by atoms with E-state index >= 15 is 0 Å². The molecule has 2 aromatic heterocycles. The van der Waals surface area contributed by atoms with Crippen molar-refractivity contribution in [3.05, 3.63) is 70.5 Å². The zero-order valence-electron chi connectivity index (χ0n) is 14.7. The molecule has 2 heterocycles. The van der Waals surface area contributed by atoms with Gasteiger partial charge in [0, 0.05) is 18.0 Å². The van der Waals surface area contributed by atoms with E-state index in [0.717, 1.165) is 17.5 Å². The average molecular weight is 349 g/mol. The molecule has 0 amide bonds. The topological polar surface area (TPSA) is 74.1 Å². The Bertz CT molecular complexity index is 1090. The highest BCUT2D eigenvalue weighted by Gasteiger charge is 2.15. The molecule has 0 fully saturated rings. The second kappa shape index (κ2) is 6.63. The van der Waals surface area contributed by atoms with Crippen molar-refractivity contribution >= 4 is 11.1 Å². The third-order valence-corrected chi connectivity index (χ3v) is 4.33. The lowest BCUT2D eigenvalue weighted by Gasteiger charge is -2.04. The van der Waals surface area contributed by atoms with E-state index in [0.29, 0.717) is 23.7 Å². The summed E-state index contributed by atoms with van der Waals surface area (Å²) in [7, 11) is 0. The first-order chi connectivity index (χ1) is 12.6. The Kier molecular flexibility index (Phi) is 4.16. The number of rotatable bonds is 5. The quantitative estimate of drug-likeness (QED) is 0.544. The Morgan fingerprint density at radius 1 is 1.08 bits per heavy atom. The van der Waals surface area contributed by atoms with Crippen LogP contribution in [0.25, 0.3) is 22.5 Å². The normalized spacial score (nSPS) is 11.5. The molecule has 132 valence electrons. The lowest BCUT2D eigenvalue weighted by Crippen LogP contribution is -2.15. The highest BCUT2D eigenvalue weighted by molar-refractivity contribution is 5.78. The molecule has 0 aliphatic heterocycles. The number of aryl methyl sites for hydroxylation is 2. The van der Waals surface area contributed by atoms with Crippen LogP contribution in [0.15, 0.2) is 62.3 Å². The molecule has 6 heteroatoms. The molecule has 0 atom stereocenters. The SMILES string of the molecule is CC(C)n1c(=O)oc2cc(-c3noc(CCc4ccccc4)n3)ccc21. The fourth-order valence-electron chi connectivity index (χ4n) is 3.03. The monoisotopic (exact) mass is 349 g/mol. The molecule has 2 aromatic carbocycles. The molecule has 26 heavy (non-hydrogen) atoms.